The Hall–Kier alpha value is -1.11. The lowest BCUT2D eigenvalue weighted by atomic mass is 10.2. The number of nitrogens with zero attached hydrogens (tertiary/aromatic N) is 1. The van der Waals surface area contributed by atoms with Gasteiger partial charge >= 0.3 is 16.1 Å². The van der Waals surface area contributed by atoms with E-state index in [-0.39, 0.29) is 5.90 Å². The Bertz CT molecular complexity index is 596. The molecule has 2 N–H and O–H groups in total. The third-order valence-corrected chi connectivity index (χ3v) is 4.52. The molecule has 0 bridgehead atoms. The van der Waals surface area contributed by atoms with Crippen LogP contribution in [0, 0.1) is 0 Å². The Morgan fingerprint density at radius 1 is 1.39 bits per heavy atom. The quantitative estimate of drug-likeness (QED) is 0.502. The van der Waals surface area contributed by atoms with Gasteiger partial charge in [-0.05, 0) is 34.6 Å². The molecule has 2 atom stereocenters. The van der Waals surface area contributed by atoms with E-state index in [2.05, 4.69) is 0 Å². The van der Waals surface area contributed by atoms with Crippen molar-refractivity contribution in [2.45, 2.75) is 24.9 Å². The molecule has 1 aromatic rings. The third kappa shape index (κ3) is 2.11. The van der Waals surface area contributed by atoms with Crippen LogP contribution >= 0.6 is 11.6 Å². The molecule has 0 unspecified atom stereocenters. The van der Waals surface area contributed by atoms with Crippen molar-refractivity contribution in [1.82, 2.24) is 0 Å². The fourth-order valence-electron chi connectivity index (χ4n) is 1.82. The molecule has 0 radical (unpaired) electrons. The molecule has 0 aliphatic carbocycles. The second-order valence-electron chi connectivity index (χ2n) is 4.26. The summed E-state index contributed by atoms with van der Waals surface area (Å²) < 4.78 is 29.9. The summed E-state index contributed by atoms with van der Waals surface area (Å²) in [6, 6.07) is 8.85. The smallest absolute Gasteiger partial charge is 0.431 e. The van der Waals surface area contributed by atoms with Crippen LogP contribution in [0.15, 0.2) is 30.3 Å². The average molecular weight is 290 g/mol. The number of rotatable bonds is 2. The minimum atomic E-state index is -4.00. The van der Waals surface area contributed by atoms with Gasteiger partial charge in [0.15, 0.2) is 6.10 Å². The summed E-state index contributed by atoms with van der Waals surface area (Å²) >= 11 is 6.23. The molecular weight excluding hydrogens is 276 g/mol. The van der Waals surface area contributed by atoms with Crippen molar-refractivity contribution in [3.8, 4) is 0 Å². The molecule has 1 heterocycles. The molecule has 0 aromatic heterocycles. The van der Waals surface area contributed by atoms with Crippen LogP contribution in [0.4, 0.5) is 0 Å². The van der Waals surface area contributed by atoms with Gasteiger partial charge in [-0.15, -0.1) is 8.42 Å². The lowest BCUT2D eigenvalue weighted by molar-refractivity contribution is -0.423. The summed E-state index contributed by atoms with van der Waals surface area (Å²) in [6.45, 7) is 3.25. The Morgan fingerprint density at radius 2 is 1.94 bits per heavy atom. The summed E-state index contributed by atoms with van der Waals surface area (Å²) in [4.78, 5) is -1.24. The van der Waals surface area contributed by atoms with E-state index in [0.29, 0.717) is 5.56 Å². The van der Waals surface area contributed by atoms with Crippen molar-refractivity contribution < 1.29 is 17.1 Å². The van der Waals surface area contributed by atoms with Crippen molar-refractivity contribution in [2.75, 3.05) is 0 Å². The van der Waals surface area contributed by atoms with Crippen LogP contribution in [0.1, 0.15) is 19.4 Å². The first-order chi connectivity index (χ1) is 8.24. The molecule has 0 saturated carbocycles. The maximum absolute atomic E-state index is 11.7. The van der Waals surface area contributed by atoms with Crippen LogP contribution in [0.25, 0.3) is 0 Å². The molecule has 1 aliphatic heterocycles. The summed E-state index contributed by atoms with van der Waals surface area (Å²) in [5.74, 6) is 0.156. The third-order valence-electron chi connectivity index (χ3n) is 2.89. The number of halogens is 1. The van der Waals surface area contributed by atoms with Crippen LogP contribution in [0.5, 0.6) is 0 Å². The van der Waals surface area contributed by atoms with Crippen molar-refractivity contribution in [2.24, 2.45) is 5.14 Å². The minimum Gasteiger partial charge on any atom is -0.431 e. The minimum absolute atomic E-state index is 0.156. The standard InChI is InChI=1S/C11H14ClN2O3S/c1-8-11(2,12)14(18(13,15)16)10(17-8)9-6-4-3-5-7-9/h3-8H,1-2H3,(H2,13,15,16)/q+1/t8-,11+/m0/s1. The molecule has 0 spiro atoms. The van der Waals surface area contributed by atoms with E-state index in [1.165, 1.54) is 0 Å². The molecule has 1 aliphatic rings. The van der Waals surface area contributed by atoms with Gasteiger partial charge in [0, 0.05) is 6.92 Å². The molecule has 7 heteroatoms. The van der Waals surface area contributed by atoms with Crippen LogP contribution in [-0.4, -0.2) is 29.4 Å². The van der Waals surface area contributed by atoms with E-state index in [1.807, 2.05) is 6.07 Å². The largest absolute Gasteiger partial charge is 0.442 e. The Morgan fingerprint density at radius 3 is 2.44 bits per heavy atom. The first kappa shape index (κ1) is 13.3. The van der Waals surface area contributed by atoms with Crippen LogP contribution < -0.4 is 5.14 Å². The maximum atomic E-state index is 11.7. The van der Waals surface area contributed by atoms with Crippen molar-refractivity contribution in [3.05, 3.63) is 35.9 Å². The molecule has 1 aromatic carbocycles. The Kier molecular flexibility index (Phi) is 3.12. The van der Waals surface area contributed by atoms with Gasteiger partial charge in [-0.25, -0.2) is 0 Å². The summed E-state index contributed by atoms with van der Waals surface area (Å²) in [7, 11) is -4.00. The van der Waals surface area contributed by atoms with E-state index in [1.54, 1.807) is 38.1 Å². The zero-order valence-electron chi connectivity index (χ0n) is 10.00. The van der Waals surface area contributed by atoms with Gasteiger partial charge in [0.1, 0.15) is 0 Å². The number of ether oxygens (including phenoxy) is 1. The number of benzene rings is 1. The predicted octanol–water partition coefficient (Wildman–Crippen LogP) is 1.02. The van der Waals surface area contributed by atoms with Crippen molar-refractivity contribution >= 4 is 27.7 Å². The Balaban J connectivity index is 2.69. The fraction of sp³-hybridized carbons (Fsp3) is 0.364. The summed E-state index contributed by atoms with van der Waals surface area (Å²) in [5, 5.41) is 5.22. The predicted molar refractivity (Wildman–Crippen MR) is 68.7 cm³/mol. The second kappa shape index (κ2) is 4.22. The molecule has 18 heavy (non-hydrogen) atoms. The lowest BCUT2D eigenvalue weighted by Gasteiger charge is -2.13. The van der Waals surface area contributed by atoms with E-state index >= 15 is 0 Å². The van der Waals surface area contributed by atoms with Gasteiger partial charge in [0.05, 0.1) is 5.56 Å². The van der Waals surface area contributed by atoms with Gasteiger partial charge in [-0.3, -0.25) is 0 Å². The monoisotopic (exact) mass is 289 g/mol. The fourth-order valence-corrected chi connectivity index (χ4v) is 3.25. The van der Waals surface area contributed by atoms with Crippen molar-refractivity contribution in [3.63, 3.8) is 0 Å². The number of alkyl halides is 1. The molecule has 98 valence electrons. The van der Waals surface area contributed by atoms with Crippen molar-refractivity contribution in [1.29, 1.82) is 0 Å². The lowest BCUT2D eigenvalue weighted by Crippen LogP contribution is -2.44. The zero-order valence-corrected chi connectivity index (χ0v) is 11.6. The summed E-state index contributed by atoms with van der Waals surface area (Å²) in [5.41, 5.74) is 0.614. The van der Waals surface area contributed by atoms with E-state index in [4.69, 9.17) is 21.5 Å². The zero-order chi connectivity index (χ0) is 13.6. The van der Waals surface area contributed by atoms with Gasteiger partial charge in [-0.2, -0.15) is 5.14 Å². The van der Waals surface area contributed by atoms with Crippen LogP contribution in [-0.2, 0) is 14.9 Å². The highest BCUT2D eigenvalue weighted by atomic mass is 35.5. The number of hydrogen-bond acceptors (Lipinski definition) is 3. The van der Waals surface area contributed by atoms with Gasteiger partial charge < -0.3 is 4.74 Å². The highest BCUT2D eigenvalue weighted by Crippen LogP contribution is 2.32. The van der Waals surface area contributed by atoms with Crippen LogP contribution in [0.3, 0.4) is 0 Å². The molecule has 0 amide bonds. The summed E-state index contributed by atoms with van der Waals surface area (Å²) in [6.07, 6.45) is -0.507. The first-order valence-electron chi connectivity index (χ1n) is 5.35. The average Bonchev–Trinajstić information content (AvgIpc) is 2.50. The van der Waals surface area contributed by atoms with Gasteiger partial charge in [0.2, 0.25) is 0 Å². The Labute approximate surface area is 111 Å². The second-order valence-corrected chi connectivity index (χ2v) is 6.42. The van der Waals surface area contributed by atoms with E-state index in [9.17, 15) is 8.42 Å². The highest BCUT2D eigenvalue weighted by molar-refractivity contribution is 7.83. The van der Waals surface area contributed by atoms with Gasteiger partial charge in [-0.1, -0.05) is 18.2 Å². The van der Waals surface area contributed by atoms with E-state index in [0.717, 1.165) is 3.98 Å². The normalized spacial score (nSPS) is 28.3. The number of nitrogens with two attached hydrogens (primary N) is 1. The van der Waals surface area contributed by atoms with Gasteiger partial charge in [0.25, 0.3) is 5.00 Å². The molecule has 5 nitrogen and oxygen atoms in total. The SMILES string of the molecule is C[C@@H]1OC(c2ccccc2)=[N+](S(N)(=O)=O)[C@@]1(C)Cl. The number of hydrogen-bond donors (Lipinski definition) is 1. The molecule has 0 saturated heterocycles. The van der Waals surface area contributed by atoms with Crippen LogP contribution in [0.2, 0.25) is 0 Å². The molecule has 2 rings (SSSR count). The molecular formula is C11H14ClN2O3S+. The topological polar surface area (TPSA) is 72.4 Å². The molecule has 0 fully saturated rings. The first-order valence-corrected chi connectivity index (χ1v) is 7.24. The maximum Gasteiger partial charge on any atom is 0.442 e. The van der Waals surface area contributed by atoms with E-state index < -0.39 is 21.3 Å². The highest BCUT2D eigenvalue weighted by Gasteiger charge is 2.56.